The molecule has 2 aromatic carbocycles. The fraction of sp³-hybridized carbons (Fsp3) is 0.629. The van der Waals surface area contributed by atoms with Gasteiger partial charge < -0.3 is 18.4 Å². The number of rotatable bonds is 20. The number of fused-ring (bicyclic) bond motifs is 3. The maximum Gasteiger partial charge on any atom is 0.194 e. The van der Waals surface area contributed by atoms with Crippen molar-refractivity contribution in [3.63, 3.8) is 0 Å². The Morgan fingerprint density at radius 2 is 0.925 bits per heavy atom. The molecule has 0 fully saturated rings. The van der Waals surface area contributed by atoms with Crippen molar-refractivity contribution in [1.82, 2.24) is 0 Å². The molecule has 0 atom stereocenters. The van der Waals surface area contributed by atoms with Crippen LogP contribution in [0.2, 0.25) is 0 Å². The minimum atomic E-state index is 0.0690. The minimum absolute atomic E-state index is 0.0690. The van der Waals surface area contributed by atoms with Gasteiger partial charge in [0.25, 0.3) is 0 Å². The van der Waals surface area contributed by atoms with Crippen LogP contribution in [0, 0.1) is 0 Å². The van der Waals surface area contributed by atoms with Gasteiger partial charge in [-0.15, -0.1) is 0 Å². The molecule has 5 nitrogen and oxygen atoms in total. The van der Waals surface area contributed by atoms with E-state index in [-0.39, 0.29) is 5.78 Å². The highest BCUT2D eigenvalue weighted by Crippen LogP contribution is 2.40. The van der Waals surface area contributed by atoms with Crippen LogP contribution in [0.3, 0.4) is 0 Å². The van der Waals surface area contributed by atoms with Crippen molar-refractivity contribution in [2.45, 2.75) is 80.1 Å². The third-order valence-corrected chi connectivity index (χ3v) is 9.59. The van der Waals surface area contributed by atoms with Crippen molar-refractivity contribution in [3.8, 4) is 22.6 Å². The van der Waals surface area contributed by atoms with E-state index in [0.29, 0.717) is 13.2 Å². The summed E-state index contributed by atoms with van der Waals surface area (Å²) in [6.07, 6.45) is 7.62. The van der Waals surface area contributed by atoms with E-state index in [4.69, 9.17) is 9.47 Å². The quantitative estimate of drug-likeness (QED) is 0.106. The summed E-state index contributed by atoms with van der Waals surface area (Å²) in [4.78, 5) is 13.4. The lowest BCUT2D eigenvalue weighted by Crippen LogP contribution is -2.50. The molecule has 40 heavy (non-hydrogen) atoms. The molecule has 0 amide bonds. The van der Waals surface area contributed by atoms with Gasteiger partial charge in [0.2, 0.25) is 0 Å². The molecule has 0 unspecified atom stereocenters. The normalized spacial score (nSPS) is 12.9. The number of unbranched alkanes of at least 4 members (excludes halogenated alkanes) is 4. The fourth-order valence-electron chi connectivity index (χ4n) is 6.26. The second-order valence-corrected chi connectivity index (χ2v) is 11.7. The molecule has 0 spiro atoms. The lowest BCUT2D eigenvalue weighted by atomic mass is 10.1. The predicted molar refractivity (Wildman–Crippen MR) is 168 cm³/mol. The Kier molecular flexibility index (Phi) is 12.5. The van der Waals surface area contributed by atoms with Crippen LogP contribution in [0.4, 0.5) is 0 Å². The Labute approximate surface area is 244 Å². The van der Waals surface area contributed by atoms with Gasteiger partial charge in [0.15, 0.2) is 5.78 Å². The smallest absolute Gasteiger partial charge is 0.194 e. The van der Waals surface area contributed by atoms with Crippen LogP contribution in [-0.2, 0) is 0 Å². The van der Waals surface area contributed by atoms with Crippen molar-refractivity contribution in [2.75, 3.05) is 65.6 Å². The van der Waals surface area contributed by atoms with Crippen LogP contribution < -0.4 is 9.47 Å². The average molecular weight is 553 g/mol. The molecule has 5 heteroatoms. The molecular weight excluding hydrogens is 496 g/mol. The van der Waals surface area contributed by atoms with Gasteiger partial charge in [-0.2, -0.15) is 0 Å². The summed E-state index contributed by atoms with van der Waals surface area (Å²) < 4.78 is 14.6. The summed E-state index contributed by atoms with van der Waals surface area (Å²) in [5.41, 5.74) is 3.47. The Bertz CT molecular complexity index is 989. The average Bonchev–Trinajstić information content (AvgIpc) is 3.26. The molecule has 1 aliphatic rings. The molecule has 0 aromatic heterocycles. The molecule has 0 saturated carbocycles. The molecule has 3 rings (SSSR count). The van der Waals surface area contributed by atoms with Crippen molar-refractivity contribution in [2.24, 2.45) is 0 Å². The summed E-state index contributed by atoms with van der Waals surface area (Å²) >= 11 is 0. The van der Waals surface area contributed by atoms with E-state index in [1.165, 1.54) is 51.6 Å². The summed E-state index contributed by atoms with van der Waals surface area (Å²) in [7, 11) is 0. The zero-order valence-corrected chi connectivity index (χ0v) is 26.4. The Morgan fingerprint density at radius 3 is 1.27 bits per heavy atom. The van der Waals surface area contributed by atoms with Gasteiger partial charge in [0.1, 0.15) is 37.8 Å². The van der Waals surface area contributed by atoms with Crippen LogP contribution in [-0.4, -0.2) is 80.3 Å². The maximum absolute atomic E-state index is 13.4. The van der Waals surface area contributed by atoms with Gasteiger partial charge >= 0.3 is 0 Å². The number of quaternary nitrogens is 2. The second kappa shape index (κ2) is 15.6. The van der Waals surface area contributed by atoms with E-state index in [1.807, 2.05) is 36.4 Å². The van der Waals surface area contributed by atoms with E-state index >= 15 is 0 Å². The van der Waals surface area contributed by atoms with Gasteiger partial charge in [0.05, 0.1) is 39.3 Å². The van der Waals surface area contributed by atoms with Crippen molar-refractivity contribution >= 4 is 5.78 Å². The summed E-state index contributed by atoms with van der Waals surface area (Å²) in [5, 5.41) is 0. The van der Waals surface area contributed by atoms with Crippen molar-refractivity contribution < 1.29 is 23.2 Å². The lowest BCUT2D eigenvalue weighted by Gasteiger charge is -2.37. The van der Waals surface area contributed by atoms with Gasteiger partial charge in [-0.1, -0.05) is 26.7 Å². The molecule has 222 valence electrons. The van der Waals surface area contributed by atoms with Crippen LogP contribution in [0.1, 0.15) is 96.0 Å². The van der Waals surface area contributed by atoms with Gasteiger partial charge in [0, 0.05) is 11.1 Å². The Balaban J connectivity index is 1.61. The molecular formula is C35H56N2O3+2. The molecule has 0 bridgehead atoms. The Morgan fingerprint density at radius 1 is 0.525 bits per heavy atom. The third kappa shape index (κ3) is 7.88. The predicted octanol–water partition coefficient (Wildman–Crippen LogP) is 7.75. The van der Waals surface area contributed by atoms with Gasteiger partial charge in [-0.3, -0.25) is 4.79 Å². The number of likely N-dealkylation sites (N-methyl/N-ethyl adjacent to an activating group) is 2. The first kappa shape index (κ1) is 32.1. The Hall–Kier alpha value is -2.37. The number of carbonyl (C=O) groups excluding carboxylic acids is 1. The summed E-state index contributed by atoms with van der Waals surface area (Å²) in [6.45, 7) is 23.9. The number of hydrogen-bond acceptors (Lipinski definition) is 3. The van der Waals surface area contributed by atoms with E-state index in [9.17, 15) is 4.79 Å². The number of hydrogen-bond donors (Lipinski definition) is 0. The second-order valence-electron chi connectivity index (χ2n) is 11.7. The molecule has 2 aromatic rings. The van der Waals surface area contributed by atoms with Gasteiger partial charge in [-0.25, -0.2) is 0 Å². The zero-order chi connectivity index (χ0) is 29.0. The van der Waals surface area contributed by atoms with Crippen LogP contribution in [0.15, 0.2) is 36.4 Å². The van der Waals surface area contributed by atoms with Crippen molar-refractivity contribution in [3.05, 3.63) is 47.5 Å². The SMILES string of the molecule is CCCCC[N+](CC)(CC)CCOc1ccc2c(c1)C(=O)c1cc(OCC[N+](CC)(CC)CCCCC)ccc1-2. The highest BCUT2D eigenvalue weighted by atomic mass is 16.5. The fourth-order valence-corrected chi connectivity index (χ4v) is 6.26. The molecule has 0 aliphatic heterocycles. The number of benzene rings is 2. The molecule has 0 N–H and O–H groups in total. The highest BCUT2D eigenvalue weighted by Gasteiger charge is 2.29. The number of ketones is 1. The van der Waals surface area contributed by atoms with Crippen molar-refractivity contribution in [1.29, 1.82) is 0 Å². The largest absolute Gasteiger partial charge is 0.488 e. The molecule has 0 saturated heterocycles. The maximum atomic E-state index is 13.4. The summed E-state index contributed by atoms with van der Waals surface area (Å²) in [5.74, 6) is 1.64. The third-order valence-electron chi connectivity index (χ3n) is 9.59. The molecule has 0 heterocycles. The first-order valence-electron chi connectivity index (χ1n) is 16.2. The number of ether oxygens (including phenoxy) is 2. The molecule has 1 aliphatic carbocycles. The lowest BCUT2D eigenvalue weighted by molar-refractivity contribution is -0.925. The van der Waals surface area contributed by atoms with E-state index in [2.05, 4.69) is 41.5 Å². The standard InChI is InChI=1S/C35H56N2O3/c1-7-13-15-21-36(9-3,10-4)23-25-39-29-17-19-31-32-20-18-30(28-34(32)35(38)33(31)27-29)40-26-24-37(11-5,12-6)22-16-14-8-2/h17-20,27-28H,7-16,21-26H2,1-6H3/q+2. The van der Waals surface area contributed by atoms with E-state index in [0.717, 1.165) is 82.0 Å². The number of carbonyl (C=O) groups is 1. The molecule has 0 radical (unpaired) electrons. The van der Waals surface area contributed by atoms with Crippen LogP contribution in [0.25, 0.3) is 11.1 Å². The summed E-state index contributed by atoms with van der Waals surface area (Å²) in [6, 6.07) is 12.0. The van der Waals surface area contributed by atoms with Crippen LogP contribution in [0.5, 0.6) is 11.5 Å². The number of nitrogens with zero attached hydrogens (tertiary/aromatic N) is 2. The minimum Gasteiger partial charge on any atom is -0.488 e. The monoisotopic (exact) mass is 552 g/mol. The first-order chi connectivity index (χ1) is 19.4. The van der Waals surface area contributed by atoms with Crippen LogP contribution >= 0.6 is 0 Å². The highest BCUT2D eigenvalue weighted by molar-refractivity contribution is 6.22. The zero-order valence-electron chi connectivity index (χ0n) is 26.4. The van der Waals surface area contributed by atoms with E-state index < -0.39 is 0 Å². The topological polar surface area (TPSA) is 35.5 Å². The van der Waals surface area contributed by atoms with Gasteiger partial charge in [-0.05, 0) is 101 Å². The van der Waals surface area contributed by atoms with E-state index in [1.54, 1.807) is 0 Å². The first-order valence-corrected chi connectivity index (χ1v) is 16.2.